The molecule has 2 rings (SSSR count). The number of likely N-dealkylation sites (N-methyl/N-ethyl adjacent to an activating group) is 1. The first kappa shape index (κ1) is 20.9. The van der Waals surface area contributed by atoms with Crippen LogP contribution in [0.4, 0.5) is 5.69 Å². The van der Waals surface area contributed by atoms with Gasteiger partial charge in [0.05, 0.1) is 13.1 Å². The standard InChI is InChI=1S/C21H26ClN3O2/c1-16(8-9-17-6-4-3-5-7-17)23-20(26)14-25(2)15-21(27)24-19-12-10-18(22)11-13-19/h3-7,10-13,16H,8-9,14-15H2,1-2H3,(H,23,26)(H,24,27)/t16-/m0/s1. The highest BCUT2D eigenvalue weighted by Crippen LogP contribution is 2.13. The number of anilines is 1. The van der Waals surface area contributed by atoms with Crippen LogP contribution in [-0.2, 0) is 16.0 Å². The highest BCUT2D eigenvalue weighted by molar-refractivity contribution is 6.30. The Bertz CT molecular complexity index is 735. The summed E-state index contributed by atoms with van der Waals surface area (Å²) in [6.45, 7) is 2.30. The third-order valence-electron chi connectivity index (χ3n) is 4.07. The van der Waals surface area contributed by atoms with Gasteiger partial charge in [-0.2, -0.15) is 0 Å². The quantitative estimate of drug-likeness (QED) is 0.693. The van der Waals surface area contributed by atoms with Gasteiger partial charge in [-0.05, 0) is 56.6 Å². The Kier molecular flexibility index (Phi) is 8.30. The lowest BCUT2D eigenvalue weighted by Gasteiger charge is -2.19. The molecular formula is C21H26ClN3O2. The van der Waals surface area contributed by atoms with Crippen LogP contribution in [-0.4, -0.2) is 42.9 Å². The van der Waals surface area contributed by atoms with E-state index >= 15 is 0 Å². The Hall–Kier alpha value is -2.37. The van der Waals surface area contributed by atoms with Crippen molar-refractivity contribution in [1.29, 1.82) is 0 Å². The lowest BCUT2D eigenvalue weighted by Crippen LogP contribution is -2.42. The lowest BCUT2D eigenvalue weighted by molar-refractivity contribution is -0.123. The third kappa shape index (κ3) is 8.24. The highest BCUT2D eigenvalue weighted by Gasteiger charge is 2.13. The van der Waals surface area contributed by atoms with Gasteiger partial charge in [0.1, 0.15) is 0 Å². The Labute approximate surface area is 165 Å². The van der Waals surface area contributed by atoms with Gasteiger partial charge in [-0.25, -0.2) is 0 Å². The van der Waals surface area contributed by atoms with Gasteiger partial charge >= 0.3 is 0 Å². The van der Waals surface area contributed by atoms with Gasteiger partial charge in [0.2, 0.25) is 11.8 Å². The number of benzene rings is 2. The Morgan fingerprint density at radius 2 is 1.63 bits per heavy atom. The molecule has 27 heavy (non-hydrogen) atoms. The average molecular weight is 388 g/mol. The van der Waals surface area contributed by atoms with Crippen LogP contribution in [0.5, 0.6) is 0 Å². The molecular weight excluding hydrogens is 362 g/mol. The number of amides is 2. The van der Waals surface area contributed by atoms with E-state index in [2.05, 4.69) is 22.8 Å². The van der Waals surface area contributed by atoms with Crippen molar-refractivity contribution in [2.45, 2.75) is 25.8 Å². The number of rotatable bonds is 9. The highest BCUT2D eigenvalue weighted by atomic mass is 35.5. The van der Waals surface area contributed by atoms with Gasteiger partial charge in [0.15, 0.2) is 0 Å². The monoisotopic (exact) mass is 387 g/mol. The first-order chi connectivity index (χ1) is 12.9. The molecule has 1 atom stereocenters. The Morgan fingerprint density at radius 3 is 2.30 bits per heavy atom. The van der Waals surface area contributed by atoms with E-state index in [0.29, 0.717) is 10.7 Å². The first-order valence-corrected chi connectivity index (χ1v) is 9.37. The predicted octanol–water partition coefficient (Wildman–Crippen LogP) is 3.35. The molecule has 0 aliphatic carbocycles. The molecule has 0 heterocycles. The molecule has 2 amide bonds. The van der Waals surface area contributed by atoms with Crippen molar-refractivity contribution < 1.29 is 9.59 Å². The number of halogens is 1. The number of nitrogens with zero attached hydrogens (tertiary/aromatic N) is 1. The van der Waals surface area contributed by atoms with E-state index in [-0.39, 0.29) is 30.9 Å². The average Bonchev–Trinajstić information content (AvgIpc) is 2.62. The fourth-order valence-electron chi connectivity index (χ4n) is 2.70. The van der Waals surface area contributed by atoms with E-state index in [1.807, 2.05) is 25.1 Å². The largest absolute Gasteiger partial charge is 0.353 e. The molecule has 0 aliphatic heterocycles. The molecule has 0 aliphatic rings. The van der Waals surface area contributed by atoms with Gasteiger partial charge in [-0.15, -0.1) is 0 Å². The van der Waals surface area contributed by atoms with E-state index < -0.39 is 0 Å². The number of carbonyl (C=O) groups is 2. The molecule has 0 saturated heterocycles. The van der Waals surface area contributed by atoms with Crippen LogP contribution in [0.15, 0.2) is 54.6 Å². The fourth-order valence-corrected chi connectivity index (χ4v) is 2.83. The second kappa shape index (κ2) is 10.7. The fraction of sp³-hybridized carbons (Fsp3) is 0.333. The second-order valence-electron chi connectivity index (χ2n) is 6.72. The van der Waals surface area contributed by atoms with E-state index in [1.54, 1.807) is 36.2 Å². The summed E-state index contributed by atoms with van der Waals surface area (Å²) in [6.07, 6.45) is 1.79. The second-order valence-corrected chi connectivity index (χ2v) is 7.16. The van der Waals surface area contributed by atoms with E-state index in [0.717, 1.165) is 12.8 Å². The number of hydrogen-bond donors (Lipinski definition) is 2. The van der Waals surface area contributed by atoms with Crippen LogP contribution in [0.25, 0.3) is 0 Å². The molecule has 0 spiro atoms. The van der Waals surface area contributed by atoms with Crippen molar-refractivity contribution in [3.05, 3.63) is 65.2 Å². The van der Waals surface area contributed by atoms with E-state index in [4.69, 9.17) is 11.6 Å². The summed E-state index contributed by atoms with van der Waals surface area (Å²) in [5, 5.41) is 6.38. The maximum atomic E-state index is 12.2. The minimum absolute atomic E-state index is 0.0778. The normalized spacial score (nSPS) is 11.9. The van der Waals surface area contributed by atoms with Crippen molar-refractivity contribution in [3.8, 4) is 0 Å². The van der Waals surface area contributed by atoms with E-state index in [1.165, 1.54) is 5.56 Å². The first-order valence-electron chi connectivity index (χ1n) is 8.99. The minimum Gasteiger partial charge on any atom is -0.353 e. The van der Waals surface area contributed by atoms with Crippen LogP contribution < -0.4 is 10.6 Å². The van der Waals surface area contributed by atoms with Crippen molar-refractivity contribution in [2.75, 3.05) is 25.5 Å². The summed E-state index contributed by atoms with van der Waals surface area (Å²) in [7, 11) is 1.75. The number of aryl methyl sites for hydroxylation is 1. The summed E-state index contributed by atoms with van der Waals surface area (Å²) in [4.78, 5) is 25.9. The van der Waals surface area contributed by atoms with Gasteiger partial charge in [0.25, 0.3) is 0 Å². The molecule has 0 saturated carbocycles. The Balaban J connectivity index is 1.67. The topological polar surface area (TPSA) is 61.4 Å². The molecule has 2 aromatic rings. The van der Waals surface area contributed by atoms with Gasteiger partial charge in [-0.3, -0.25) is 14.5 Å². The van der Waals surface area contributed by atoms with Crippen LogP contribution in [0.1, 0.15) is 18.9 Å². The summed E-state index contributed by atoms with van der Waals surface area (Å²) in [6, 6.07) is 17.2. The number of nitrogens with one attached hydrogen (secondary N) is 2. The molecule has 2 aromatic carbocycles. The van der Waals surface area contributed by atoms with Crippen LogP contribution in [0.3, 0.4) is 0 Å². The third-order valence-corrected chi connectivity index (χ3v) is 4.32. The maximum absolute atomic E-state index is 12.2. The Morgan fingerprint density at radius 1 is 1.00 bits per heavy atom. The zero-order chi connectivity index (χ0) is 19.6. The van der Waals surface area contributed by atoms with Crippen LogP contribution in [0.2, 0.25) is 5.02 Å². The molecule has 0 unspecified atom stereocenters. The zero-order valence-electron chi connectivity index (χ0n) is 15.7. The number of hydrogen-bond acceptors (Lipinski definition) is 3. The zero-order valence-corrected chi connectivity index (χ0v) is 16.5. The number of carbonyl (C=O) groups excluding carboxylic acids is 2. The van der Waals surface area contributed by atoms with Crippen LogP contribution in [0, 0.1) is 0 Å². The van der Waals surface area contributed by atoms with Crippen molar-refractivity contribution in [1.82, 2.24) is 10.2 Å². The smallest absolute Gasteiger partial charge is 0.238 e. The maximum Gasteiger partial charge on any atom is 0.238 e. The molecule has 5 nitrogen and oxygen atoms in total. The lowest BCUT2D eigenvalue weighted by atomic mass is 10.1. The molecule has 6 heteroatoms. The van der Waals surface area contributed by atoms with Gasteiger partial charge in [0, 0.05) is 16.8 Å². The SMILES string of the molecule is C[C@@H](CCc1ccccc1)NC(=O)CN(C)CC(=O)Nc1ccc(Cl)cc1. The molecule has 0 fully saturated rings. The minimum atomic E-state index is -0.176. The van der Waals surface area contributed by atoms with Crippen molar-refractivity contribution in [2.24, 2.45) is 0 Å². The summed E-state index contributed by atoms with van der Waals surface area (Å²) in [5.41, 5.74) is 1.94. The predicted molar refractivity (Wildman–Crippen MR) is 110 cm³/mol. The molecule has 2 N–H and O–H groups in total. The summed E-state index contributed by atoms with van der Waals surface area (Å²) >= 11 is 5.82. The summed E-state index contributed by atoms with van der Waals surface area (Å²) in [5.74, 6) is -0.262. The molecule has 144 valence electrons. The summed E-state index contributed by atoms with van der Waals surface area (Å²) < 4.78 is 0. The van der Waals surface area contributed by atoms with Crippen LogP contribution >= 0.6 is 11.6 Å². The molecule has 0 bridgehead atoms. The van der Waals surface area contributed by atoms with Gasteiger partial charge in [-0.1, -0.05) is 41.9 Å². The van der Waals surface area contributed by atoms with Crippen molar-refractivity contribution >= 4 is 29.1 Å². The molecule has 0 aromatic heterocycles. The molecule has 0 radical (unpaired) electrons. The van der Waals surface area contributed by atoms with Crippen molar-refractivity contribution in [3.63, 3.8) is 0 Å². The van der Waals surface area contributed by atoms with E-state index in [9.17, 15) is 9.59 Å². The van der Waals surface area contributed by atoms with Gasteiger partial charge < -0.3 is 10.6 Å².